The van der Waals surface area contributed by atoms with Gasteiger partial charge in [0.2, 0.25) is 0 Å². The van der Waals surface area contributed by atoms with Gasteiger partial charge in [-0.1, -0.05) is 43.2 Å². The second-order valence-corrected chi connectivity index (χ2v) is 11.6. The zero-order chi connectivity index (χ0) is 26.6. The molecular formula is C26H21Br2N3O5S. The summed E-state index contributed by atoms with van der Waals surface area (Å²) in [6.45, 7) is 5.23. The molecule has 11 heteroatoms. The van der Waals surface area contributed by atoms with Crippen molar-refractivity contribution in [1.82, 2.24) is 4.57 Å². The van der Waals surface area contributed by atoms with Crippen LogP contribution in [0, 0.1) is 0 Å². The molecule has 5 rings (SSSR count). The Morgan fingerprint density at radius 3 is 2.54 bits per heavy atom. The summed E-state index contributed by atoms with van der Waals surface area (Å²) in [4.78, 5) is 45.4. The van der Waals surface area contributed by atoms with E-state index in [2.05, 4.69) is 42.2 Å². The number of thiazole rings is 1. The molecule has 0 fully saturated rings. The average Bonchev–Trinajstić information content (AvgIpc) is 3.32. The summed E-state index contributed by atoms with van der Waals surface area (Å²) >= 11 is 8.06. The molecule has 0 aliphatic carbocycles. The molecule has 0 unspecified atom stereocenters. The first-order valence-corrected chi connectivity index (χ1v) is 13.7. The first-order valence-electron chi connectivity index (χ1n) is 11.3. The largest absolute Gasteiger partial charge is 0.496 e. The number of rotatable bonds is 4. The number of aromatic nitrogens is 1. The summed E-state index contributed by atoms with van der Waals surface area (Å²) in [5.41, 5.74) is 2.32. The molecule has 1 N–H and O–H groups in total. The number of benzene rings is 2. The SMILES string of the molecule is COc1ccc(Br)cc1[C@@H]1C(C(=O)OC(C)C)=C(C)N=c2s/c(=C3/C(=O)Nc4ccc(Br)cc43)c(=O)n21. The molecular weight excluding hydrogens is 626 g/mol. The van der Waals surface area contributed by atoms with Crippen LogP contribution < -0.4 is 24.9 Å². The highest BCUT2D eigenvalue weighted by atomic mass is 79.9. The number of carbonyl (C=O) groups excluding carboxylic acids is 2. The number of fused-ring (bicyclic) bond motifs is 2. The van der Waals surface area contributed by atoms with Crippen LogP contribution in [0.25, 0.3) is 5.57 Å². The Labute approximate surface area is 232 Å². The number of allylic oxidation sites excluding steroid dienone is 1. The van der Waals surface area contributed by atoms with Crippen molar-refractivity contribution in [2.24, 2.45) is 4.99 Å². The number of hydrogen-bond donors (Lipinski definition) is 1. The van der Waals surface area contributed by atoms with E-state index < -0.39 is 17.6 Å². The second kappa shape index (κ2) is 9.70. The Balaban J connectivity index is 1.85. The molecule has 0 radical (unpaired) electrons. The number of methoxy groups -OCH3 is 1. The highest BCUT2D eigenvalue weighted by Crippen LogP contribution is 2.38. The van der Waals surface area contributed by atoms with Crippen LogP contribution in [0.4, 0.5) is 5.69 Å². The fourth-order valence-corrected chi connectivity index (χ4v) is 6.37. The Morgan fingerprint density at radius 2 is 1.84 bits per heavy atom. The van der Waals surface area contributed by atoms with Crippen molar-refractivity contribution in [2.75, 3.05) is 12.4 Å². The summed E-state index contributed by atoms with van der Waals surface area (Å²) in [5, 5.41) is 2.83. The number of nitrogens with one attached hydrogen (secondary N) is 1. The summed E-state index contributed by atoms with van der Waals surface area (Å²) in [6.07, 6.45) is -0.373. The van der Waals surface area contributed by atoms with E-state index in [4.69, 9.17) is 9.47 Å². The number of carbonyl (C=O) groups is 2. The smallest absolute Gasteiger partial charge is 0.338 e. The van der Waals surface area contributed by atoms with Crippen molar-refractivity contribution < 1.29 is 19.1 Å². The molecule has 37 heavy (non-hydrogen) atoms. The fraction of sp³-hybridized carbons (Fsp3) is 0.231. The van der Waals surface area contributed by atoms with Gasteiger partial charge in [-0.25, -0.2) is 9.79 Å². The number of anilines is 1. The third-order valence-corrected chi connectivity index (χ3v) is 8.04. The van der Waals surface area contributed by atoms with Crippen molar-refractivity contribution in [1.29, 1.82) is 0 Å². The van der Waals surface area contributed by atoms with Gasteiger partial charge in [0.1, 0.15) is 16.3 Å². The van der Waals surface area contributed by atoms with Crippen molar-refractivity contribution >= 4 is 66.3 Å². The van der Waals surface area contributed by atoms with Crippen LogP contribution in [0.3, 0.4) is 0 Å². The van der Waals surface area contributed by atoms with Crippen molar-refractivity contribution in [3.05, 3.63) is 87.4 Å². The molecule has 1 atom stereocenters. The van der Waals surface area contributed by atoms with Crippen LogP contribution in [0.1, 0.15) is 37.9 Å². The molecule has 8 nitrogen and oxygen atoms in total. The molecule has 2 aliphatic heterocycles. The normalized spacial score (nSPS) is 17.8. The Bertz CT molecular complexity index is 1700. The summed E-state index contributed by atoms with van der Waals surface area (Å²) in [6, 6.07) is 9.90. The van der Waals surface area contributed by atoms with Crippen molar-refractivity contribution in [3.8, 4) is 5.75 Å². The van der Waals surface area contributed by atoms with E-state index in [1.165, 1.54) is 11.7 Å². The molecule has 0 saturated heterocycles. The molecule has 3 heterocycles. The number of nitrogens with zero attached hydrogens (tertiary/aromatic N) is 2. The molecule has 0 saturated carbocycles. The summed E-state index contributed by atoms with van der Waals surface area (Å²) in [5.74, 6) is -0.455. The van der Waals surface area contributed by atoms with Gasteiger partial charge in [-0.05, 0) is 57.2 Å². The van der Waals surface area contributed by atoms with E-state index in [0.29, 0.717) is 33.1 Å². The lowest BCUT2D eigenvalue weighted by Gasteiger charge is -2.26. The molecule has 0 bridgehead atoms. The summed E-state index contributed by atoms with van der Waals surface area (Å²) < 4.78 is 14.4. The number of hydrogen-bond acceptors (Lipinski definition) is 7. The Morgan fingerprint density at radius 1 is 1.14 bits per heavy atom. The van der Waals surface area contributed by atoms with E-state index >= 15 is 0 Å². The molecule has 2 aromatic carbocycles. The first kappa shape index (κ1) is 25.6. The predicted molar refractivity (Wildman–Crippen MR) is 147 cm³/mol. The maximum absolute atomic E-state index is 14.1. The maximum Gasteiger partial charge on any atom is 0.338 e. The van der Waals surface area contributed by atoms with Crippen LogP contribution in [0.15, 0.2) is 66.4 Å². The van der Waals surface area contributed by atoms with E-state index in [9.17, 15) is 14.4 Å². The minimum atomic E-state index is -0.879. The lowest BCUT2D eigenvalue weighted by molar-refractivity contribution is -0.143. The number of ether oxygens (including phenoxy) is 2. The topological polar surface area (TPSA) is 99.0 Å². The van der Waals surface area contributed by atoms with E-state index in [-0.39, 0.29) is 27.7 Å². The molecule has 3 aromatic rings. The highest BCUT2D eigenvalue weighted by molar-refractivity contribution is 9.10. The third-order valence-electron chi connectivity index (χ3n) is 6.00. The van der Waals surface area contributed by atoms with E-state index in [1.807, 2.05) is 12.1 Å². The van der Waals surface area contributed by atoms with Crippen molar-refractivity contribution in [2.45, 2.75) is 32.9 Å². The molecule has 2 aliphatic rings. The third kappa shape index (κ3) is 4.38. The van der Waals surface area contributed by atoms with Gasteiger partial charge in [0.05, 0.1) is 30.1 Å². The first-order chi connectivity index (χ1) is 17.6. The fourth-order valence-electron chi connectivity index (χ4n) is 4.49. The van der Waals surface area contributed by atoms with Gasteiger partial charge in [0, 0.05) is 25.8 Å². The molecule has 0 spiro atoms. The zero-order valence-electron chi connectivity index (χ0n) is 20.2. The standard InChI is InChI=1S/C26H21Br2N3O5S/c1-11(2)36-25(34)19-12(3)29-26-31(21(19)16-10-14(28)6-8-18(16)35-4)24(33)22(37-26)20-15-9-13(27)5-7-17(15)30-23(20)32/h5-11,21H,1-4H3,(H,30,32)/b22-20+/t21-/m1/s1. The van der Waals surface area contributed by atoms with Crippen LogP contribution >= 0.6 is 43.2 Å². The van der Waals surface area contributed by atoms with Gasteiger partial charge in [0.25, 0.3) is 11.5 Å². The zero-order valence-corrected chi connectivity index (χ0v) is 24.2. The van der Waals surface area contributed by atoms with Gasteiger partial charge in [-0.3, -0.25) is 14.2 Å². The van der Waals surface area contributed by atoms with Gasteiger partial charge in [-0.15, -0.1) is 0 Å². The lowest BCUT2D eigenvalue weighted by Crippen LogP contribution is -2.41. The quantitative estimate of drug-likeness (QED) is 0.432. The van der Waals surface area contributed by atoms with E-state index in [0.717, 1.165) is 20.3 Å². The van der Waals surface area contributed by atoms with Gasteiger partial charge in [0.15, 0.2) is 4.80 Å². The Kier molecular flexibility index (Phi) is 6.71. The lowest BCUT2D eigenvalue weighted by atomic mass is 9.95. The van der Waals surface area contributed by atoms with Gasteiger partial charge < -0.3 is 14.8 Å². The van der Waals surface area contributed by atoms with Gasteiger partial charge in [-0.2, -0.15) is 0 Å². The average molecular weight is 647 g/mol. The van der Waals surface area contributed by atoms with Crippen LogP contribution in [-0.4, -0.2) is 29.7 Å². The highest BCUT2D eigenvalue weighted by Gasteiger charge is 2.37. The van der Waals surface area contributed by atoms with Crippen molar-refractivity contribution in [3.63, 3.8) is 0 Å². The second-order valence-electron chi connectivity index (χ2n) is 8.76. The minimum absolute atomic E-state index is 0.230. The molecule has 190 valence electrons. The predicted octanol–water partition coefficient (Wildman–Crippen LogP) is 4.04. The van der Waals surface area contributed by atoms with E-state index in [1.54, 1.807) is 45.0 Å². The number of halogens is 2. The monoisotopic (exact) mass is 645 g/mol. The summed E-state index contributed by atoms with van der Waals surface area (Å²) in [7, 11) is 1.53. The Hall–Kier alpha value is -3.02. The van der Waals surface area contributed by atoms with Crippen LogP contribution in [0.5, 0.6) is 5.75 Å². The number of amides is 1. The van der Waals surface area contributed by atoms with Crippen LogP contribution in [0.2, 0.25) is 0 Å². The van der Waals surface area contributed by atoms with Gasteiger partial charge >= 0.3 is 5.97 Å². The van der Waals surface area contributed by atoms with Crippen LogP contribution in [-0.2, 0) is 14.3 Å². The molecule has 1 aromatic heterocycles. The number of esters is 1. The maximum atomic E-state index is 14.1. The minimum Gasteiger partial charge on any atom is -0.496 e. The molecule has 1 amide bonds.